The lowest BCUT2D eigenvalue weighted by Crippen LogP contribution is -2.20. The van der Waals surface area contributed by atoms with Gasteiger partial charge in [-0.05, 0) is 48.6 Å². The summed E-state index contributed by atoms with van der Waals surface area (Å²) in [6.45, 7) is 4.65. The average Bonchev–Trinajstić information content (AvgIpc) is 2.29. The Labute approximate surface area is 103 Å². The molecule has 1 fully saturated rings. The summed E-state index contributed by atoms with van der Waals surface area (Å²) in [4.78, 5) is 0. The van der Waals surface area contributed by atoms with E-state index < -0.39 is 0 Å². The lowest BCUT2D eigenvalue weighted by molar-refractivity contribution is 0.222. The highest BCUT2D eigenvalue weighted by molar-refractivity contribution is 5.37. The van der Waals surface area contributed by atoms with Crippen LogP contribution >= 0.6 is 0 Å². The number of ether oxygens (including phenoxy) is 1. The molecular weight excluding hydrogens is 215 g/mol. The van der Waals surface area contributed by atoms with Crippen LogP contribution in [0.25, 0.3) is 0 Å². The number of rotatable bonds is 2. The summed E-state index contributed by atoms with van der Waals surface area (Å²) in [5.74, 6) is 1.01. The maximum absolute atomic E-state index is 13.1. The first-order valence-corrected chi connectivity index (χ1v) is 6.35. The van der Waals surface area contributed by atoms with Gasteiger partial charge in [0.2, 0.25) is 0 Å². The van der Waals surface area contributed by atoms with Gasteiger partial charge in [-0.25, -0.2) is 4.39 Å². The Kier molecular flexibility index (Phi) is 3.41. The third-order valence-electron chi connectivity index (χ3n) is 3.97. The molecule has 1 aromatic carbocycles. The molecule has 0 amide bonds. The molecule has 0 atom stereocenters. The second kappa shape index (κ2) is 4.67. The Morgan fingerprint density at radius 1 is 1.24 bits per heavy atom. The van der Waals surface area contributed by atoms with Crippen LogP contribution in [0.1, 0.15) is 51.0 Å². The van der Waals surface area contributed by atoms with Crippen LogP contribution in [0.5, 0.6) is 5.75 Å². The molecule has 0 radical (unpaired) electrons. The molecule has 1 aliphatic rings. The predicted octanol–water partition coefficient (Wildman–Crippen LogP) is 4.52. The van der Waals surface area contributed by atoms with Gasteiger partial charge in [-0.1, -0.05) is 19.9 Å². The van der Waals surface area contributed by atoms with E-state index in [4.69, 9.17) is 4.74 Å². The van der Waals surface area contributed by atoms with E-state index in [1.165, 1.54) is 43.4 Å². The molecule has 1 saturated carbocycles. The van der Waals surface area contributed by atoms with Gasteiger partial charge in [0.05, 0.1) is 7.11 Å². The van der Waals surface area contributed by atoms with Crippen molar-refractivity contribution in [3.8, 4) is 5.75 Å². The smallest absolute Gasteiger partial charge is 0.126 e. The second-order valence-corrected chi connectivity index (χ2v) is 5.82. The lowest BCUT2D eigenvalue weighted by Gasteiger charge is -2.34. The monoisotopic (exact) mass is 236 g/mol. The molecule has 0 heterocycles. The summed E-state index contributed by atoms with van der Waals surface area (Å²) >= 11 is 0. The maximum atomic E-state index is 13.1. The first-order valence-electron chi connectivity index (χ1n) is 6.35. The molecule has 1 aromatic rings. The summed E-state index contributed by atoms with van der Waals surface area (Å²) in [6, 6.07) is 4.92. The van der Waals surface area contributed by atoms with E-state index in [2.05, 4.69) is 13.8 Å². The van der Waals surface area contributed by atoms with Crippen LogP contribution in [0, 0.1) is 11.2 Å². The Balaban J connectivity index is 2.18. The van der Waals surface area contributed by atoms with Crippen LogP contribution < -0.4 is 4.74 Å². The fraction of sp³-hybridized carbons (Fsp3) is 0.600. The summed E-state index contributed by atoms with van der Waals surface area (Å²) in [6.07, 6.45) is 4.82. The number of hydrogen-bond donors (Lipinski definition) is 0. The highest BCUT2D eigenvalue weighted by Gasteiger charge is 2.28. The Morgan fingerprint density at radius 3 is 2.47 bits per heavy atom. The maximum Gasteiger partial charge on any atom is 0.126 e. The van der Waals surface area contributed by atoms with E-state index in [0.29, 0.717) is 17.1 Å². The molecule has 2 rings (SSSR count). The van der Waals surface area contributed by atoms with Gasteiger partial charge in [0.25, 0.3) is 0 Å². The number of benzene rings is 1. The van der Waals surface area contributed by atoms with E-state index in [1.54, 1.807) is 7.11 Å². The number of halogens is 1. The Bertz CT molecular complexity index is 388. The lowest BCUT2D eigenvalue weighted by atomic mass is 9.71. The third-order valence-corrected chi connectivity index (χ3v) is 3.97. The van der Waals surface area contributed by atoms with Crippen LogP contribution in [-0.4, -0.2) is 7.11 Å². The minimum atomic E-state index is -0.221. The van der Waals surface area contributed by atoms with Crippen molar-refractivity contribution in [3.63, 3.8) is 0 Å². The van der Waals surface area contributed by atoms with Crippen molar-refractivity contribution < 1.29 is 9.13 Å². The van der Waals surface area contributed by atoms with Crippen LogP contribution in [0.15, 0.2) is 18.2 Å². The van der Waals surface area contributed by atoms with Crippen molar-refractivity contribution >= 4 is 0 Å². The summed E-state index contributed by atoms with van der Waals surface area (Å²) in [7, 11) is 1.62. The summed E-state index contributed by atoms with van der Waals surface area (Å²) in [5, 5.41) is 0. The summed E-state index contributed by atoms with van der Waals surface area (Å²) < 4.78 is 18.4. The van der Waals surface area contributed by atoms with Crippen LogP contribution in [0.4, 0.5) is 4.39 Å². The van der Waals surface area contributed by atoms with Gasteiger partial charge in [0, 0.05) is 6.07 Å². The van der Waals surface area contributed by atoms with Crippen molar-refractivity contribution in [3.05, 3.63) is 29.6 Å². The molecule has 0 spiro atoms. The predicted molar refractivity (Wildman–Crippen MR) is 67.9 cm³/mol. The highest BCUT2D eigenvalue weighted by Crippen LogP contribution is 2.44. The van der Waals surface area contributed by atoms with Gasteiger partial charge in [0.1, 0.15) is 11.6 Å². The first kappa shape index (κ1) is 12.4. The fourth-order valence-corrected chi connectivity index (χ4v) is 2.73. The normalized spacial score (nSPS) is 20.2. The topological polar surface area (TPSA) is 9.23 Å². The molecule has 0 aromatic heterocycles. The van der Waals surface area contributed by atoms with Gasteiger partial charge in [-0.2, -0.15) is 0 Å². The standard InChI is InChI=1S/C15H21FO/c1-15(2)8-6-11(7-9-15)13-5-4-12(16)10-14(13)17-3/h4-5,10-11H,6-9H2,1-3H3. The number of methoxy groups -OCH3 is 1. The molecule has 2 heteroatoms. The molecular formula is C15H21FO. The third kappa shape index (κ3) is 2.80. The SMILES string of the molecule is COc1cc(F)ccc1C1CCC(C)(C)CC1. The Morgan fingerprint density at radius 2 is 1.88 bits per heavy atom. The van der Waals surface area contributed by atoms with Gasteiger partial charge in [0.15, 0.2) is 0 Å². The van der Waals surface area contributed by atoms with Crippen molar-refractivity contribution in [2.24, 2.45) is 5.41 Å². The van der Waals surface area contributed by atoms with Crippen molar-refractivity contribution in [1.82, 2.24) is 0 Å². The number of hydrogen-bond acceptors (Lipinski definition) is 1. The molecule has 1 aliphatic carbocycles. The van der Waals surface area contributed by atoms with Crippen molar-refractivity contribution in [2.75, 3.05) is 7.11 Å². The van der Waals surface area contributed by atoms with Crippen molar-refractivity contribution in [1.29, 1.82) is 0 Å². The van der Waals surface area contributed by atoms with E-state index in [1.807, 2.05) is 6.07 Å². The fourth-order valence-electron chi connectivity index (χ4n) is 2.73. The van der Waals surface area contributed by atoms with E-state index in [0.717, 1.165) is 0 Å². The minimum absolute atomic E-state index is 0.221. The molecule has 0 N–H and O–H groups in total. The first-order chi connectivity index (χ1) is 8.02. The van der Waals surface area contributed by atoms with Crippen molar-refractivity contribution in [2.45, 2.75) is 45.4 Å². The zero-order valence-corrected chi connectivity index (χ0v) is 10.9. The Hall–Kier alpha value is -1.05. The zero-order valence-electron chi connectivity index (χ0n) is 10.9. The van der Waals surface area contributed by atoms with Gasteiger partial charge < -0.3 is 4.74 Å². The molecule has 1 nitrogen and oxygen atoms in total. The zero-order chi connectivity index (χ0) is 12.5. The molecule has 0 saturated heterocycles. The minimum Gasteiger partial charge on any atom is -0.496 e. The van der Waals surface area contributed by atoms with E-state index >= 15 is 0 Å². The second-order valence-electron chi connectivity index (χ2n) is 5.82. The van der Waals surface area contributed by atoms with Crippen LogP contribution in [0.3, 0.4) is 0 Å². The average molecular weight is 236 g/mol. The molecule has 0 bridgehead atoms. The van der Waals surface area contributed by atoms with Crippen LogP contribution in [0.2, 0.25) is 0 Å². The largest absolute Gasteiger partial charge is 0.496 e. The highest BCUT2D eigenvalue weighted by atomic mass is 19.1. The van der Waals surface area contributed by atoms with E-state index in [-0.39, 0.29) is 5.82 Å². The molecule has 0 unspecified atom stereocenters. The van der Waals surface area contributed by atoms with E-state index in [9.17, 15) is 4.39 Å². The molecule has 0 aliphatic heterocycles. The molecule has 17 heavy (non-hydrogen) atoms. The van der Waals surface area contributed by atoms with Gasteiger partial charge in [-0.3, -0.25) is 0 Å². The van der Waals surface area contributed by atoms with Gasteiger partial charge >= 0.3 is 0 Å². The summed E-state index contributed by atoms with van der Waals surface area (Å²) in [5.41, 5.74) is 1.63. The quantitative estimate of drug-likeness (QED) is 0.733. The molecule has 94 valence electrons. The van der Waals surface area contributed by atoms with Crippen LogP contribution in [-0.2, 0) is 0 Å². The van der Waals surface area contributed by atoms with Gasteiger partial charge in [-0.15, -0.1) is 0 Å².